The molecule has 0 fully saturated rings. The van der Waals surface area contributed by atoms with E-state index >= 15 is 0 Å². The number of hydrogen-bond donors (Lipinski definition) is 1. The van der Waals surface area contributed by atoms with E-state index in [2.05, 4.69) is 13.8 Å². The molecule has 16 heavy (non-hydrogen) atoms. The van der Waals surface area contributed by atoms with Crippen LogP contribution in [-0.4, -0.2) is 15.7 Å². The summed E-state index contributed by atoms with van der Waals surface area (Å²) in [6, 6.07) is 8.04. The number of unbranched alkanes of at least 4 members (excludes halogenated alkanes) is 1. The summed E-state index contributed by atoms with van der Waals surface area (Å²) in [6.45, 7) is 4.16. The number of rotatable bonds is 6. The summed E-state index contributed by atoms with van der Waals surface area (Å²) in [7, 11) is -0.781. The van der Waals surface area contributed by atoms with Crippen molar-refractivity contribution in [2.24, 2.45) is 5.73 Å². The van der Waals surface area contributed by atoms with Crippen molar-refractivity contribution in [2.45, 2.75) is 32.7 Å². The van der Waals surface area contributed by atoms with E-state index in [9.17, 15) is 4.21 Å². The van der Waals surface area contributed by atoms with Gasteiger partial charge in [0.05, 0.1) is 0 Å². The van der Waals surface area contributed by atoms with E-state index in [-0.39, 0.29) is 6.04 Å². The number of aryl methyl sites for hydroxylation is 1. The van der Waals surface area contributed by atoms with Crippen molar-refractivity contribution in [3.63, 3.8) is 0 Å². The Labute approximate surface area is 101 Å². The third kappa shape index (κ3) is 4.45. The van der Waals surface area contributed by atoms with Crippen LogP contribution in [0.15, 0.2) is 24.3 Å². The molecular formula is C13H21NOS. The van der Waals surface area contributed by atoms with Crippen molar-refractivity contribution < 1.29 is 4.21 Å². The molecule has 0 radical (unpaired) electrons. The Balaban J connectivity index is 2.48. The van der Waals surface area contributed by atoms with E-state index in [0.29, 0.717) is 5.75 Å². The molecule has 0 saturated heterocycles. The van der Waals surface area contributed by atoms with Gasteiger partial charge in [-0.05, 0) is 18.9 Å². The van der Waals surface area contributed by atoms with Crippen molar-refractivity contribution in [1.29, 1.82) is 0 Å². The van der Waals surface area contributed by atoms with Gasteiger partial charge < -0.3 is 5.73 Å². The van der Waals surface area contributed by atoms with Crippen molar-refractivity contribution in [3.8, 4) is 0 Å². The van der Waals surface area contributed by atoms with Gasteiger partial charge in [0, 0.05) is 28.3 Å². The van der Waals surface area contributed by atoms with Crippen LogP contribution in [0.4, 0.5) is 0 Å². The van der Waals surface area contributed by atoms with Crippen molar-refractivity contribution >= 4 is 10.8 Å². The molecule has 0 aliphatic rings. The normalized spacial score (nSPS) is 14.7. The highest BCUT2D eigenvalue weighted by Crippen LogP contribution is 2.12. The van der Waals surface area contributed by atoms with Crippen LogP contribution in [0.2, 0.25) is 0 Å². The van der Waals surface area contributed by atoms with Gasteiger partial charge in [0.15, 0.2) is 0 Å². The van der Waals surface area contributed by atoms with E-state index in [0.717, 1.165) is 24.2 Å². The van der Waals surface area contributed by atoms with Gasteiger partial charge in [0.2, 0.25) is 0 Å². The first-order valence-corrected chi connectivity index (χ1v) is 7.29. The lowest BCUT2D eigenvalue weighted by Crippen LogP contribution is -2.19. The maximum atomic E-state index is 11.7. The molecule has 0 aromatic heterocycles. The minimum Gasteiger partial charge on any atom is -0.323 e. The maximum absolute atomic E-state index is 11.7. The van der Waals surface area contributed by atoms with Gasteiger partial charge in [-0.3, -0.25) is 4.21 Å². The molecule has 2 N–H and O–H groups in total. The molecule has 1 aromatic rings. The molecule has 2 atom stereocenters. The van der Waals surface area contributed by atoms with Crippen LogP contribution in [0, 0.1) is 6.92 Å². The summed E-state index contributed by atoms with van der Waals surface area (Å²) in [6.07, 6.45) is 2.11. The van der Waals surface area contributed by atoms with Crippen LogP contribution in [0.3, 0.4) is 0 Å². The molecule has 0 amide bonds. The zero-order valence-corrected chi connectivity index (χ0v) is 10.9. The molecule has 0 saturated carbocycles. The van der Waals surface area contributed by atoms with Gasteiger partial charge in [-0.2, -0.15) is 0 Å². The van der Waals surface area contributed by atoms with E-state index < -0.39 is 10.8 Å². The summed E-state index contributed by atoms with van der Waals surface area (Å²) in [4.78, 5) is 0. The lowest BCUT2D eigenvalue weighted by atomic mass is 10.1. The summed E-state index contributed by atoms with van der Waals surface area (Å²) >= 11 is 0. The Hall–Kier alpha value is -0.670. The zero-order valence-electron chi connectivity index (χ0n) is 10.1. The highest BCUT2D eigenvalue weighted by molar-refractivity contribution is 7.85. The van der Waals surface area contributed by atoms with Crippen LogP contribution in [0.25, 0.3) is 0 Å². The Morgan fingerprint density at radius 3 is 2.50 bits per heavy atom. The molecular weight excluding hydrogens is 218 g/mol. The van der Waals surface area contributed by atoms with Crippen molar-refractivity contribution in [3.05, 3.63) is 35.4 Å². The molecule has 0 heterocycles. The predicted octanol–water partition coefficient (Wildman–Crippen LogP) is 2.54. The van der Waals surface area contributed by atoms with Crippen LogP contribution in [0.5, 0.6) is 0 Å². The standard InChI is InChI=1S/C13H21NOS/c1-3-4-9-16(15)10-13(14)12-7-5-11(2)6-8-12/h5-8,13H,3-4,9-10,14H2,1-2H3. The lowest BCUT2D eigenvalue weighted by Gasteiger charge is -2.11. The molecule has 0 aliphatic heterocycles. The second kappa shape index (κ2) is 6.81. The van der Waals surface area contributed by atoms with E-state index in [4.69, 9.17) is 5.73 Å². The average molecular weight is 239 g/mol. The third-order valence-electron chi connectivity index (χ3n) is 2.60. The third-order valence-corrected chi connectivity index (χ3v) is 4.07. The van der Waals surface area contributed by atoms with Crippen LogP contribution in [0.1, 0.15) is 36.9 Å². The first kappa shape index (κ1) is 13.4. The second-order valence-electron chi connectivity index (χ2n) is 4.18. The highest BCUT2D eigenvalue weighted by atomic mass is 32.2. The Kier molecular flexibility index (Phi) is 5.71. The number of nitrogens with two attached hydrogens (primary N) is 1. The molecule has 1 rings (SSSR count). The molecule has 0 aliphatic carbocycles. The Morgan fingerprint density at radius 1 is 1.31 bits per heavy atom. The predicted molar refractivity (Wildman–Crippen MR) is 70.9 cm³/mol. The van der Waals surface area contributed by atoms with E-state index in [1.54, 1.807) is 0 Å². The highest BCUT2D eigenvalue weighted by Gasteiger charge is 2.09. The fourth-order valence-corrected chi connectivity index (χ4v) is 2.87. The van der Waals surface area contributed by atoms with Gasteiger partial charge >= 0.3 is 0 Å². The quantitative estimate of drug-likeness (QED) is 0.829. The summed E-state index contributed by atoms with van der Waals surface area (Å²) in [5.74, 6) is 1.35. The lowest BCUT2D eigenvalue weighted by molar-refractivity contribution is 0.671. The van der Waals surface area contributed by atoms with Gasteiger partial charge in [0.1, 0.15) is 0 Å². The minimum atomic E-state index is -0.781. The van der Waals surface area contributed by atoms with Crippen LogP contribution < -0.4 is 5.73 Å². The van der Waals surface area contributed by atoms with Crippen molar-refractivity contribution in [2.75, 3.05) is 11.5 Å². The molecule has 1 aromatic carbocycles. The number of benzene rings is 1. The maximum Gasteiger partial charge on any atom is 0.0428 e. The molecule has 0 bridgehead atoms. The molecule has 90 valence electrons. The van der Waals surface area contributed by atoms with Gasteiger partial charge in [-0.25, -0.2) is 0 Å². The monoisotopic (exact) mass is 239 g/mol. The van der Waals surface area contributed by atoms with Gasteiger partial charge in [-0.15, -0.1) is 0 Å². The number of hydrogen-bond acceptors (Lipinski definition) is 2. The Morgan fingerprint density at radius 2 is 1.94 bits per heavy atom. The van der Waals surface area contributed by atoms with Gasteiger partial charge in [0.25, 0.3) is 0 Å². The zero-order chi connectivity index (χ0) is 12.0. The topological polar surface area (TPSA) is 43.1 Å². The largest absolute Gasteiger partial charge is 0.323 e. The fourth-order valence-electron chi connectivity index (χ4n) is 1.50. The molecule has 3 heteroatoms. The first-order valence-electron chi connectivity index (χ1n) is 5.80. The average Bonchev–Trinajstić information content (AvgIpc) is 2.27. The fraction of sp³-hybridized carbons (Fsp3) is 0.538. The Bertz CT molecular complexity index is 334. The second-order valence-corrected chi connectivity index (χ2v) is 5.80. The summed E-state index contributed by atoms with van der Waals surface area (Å²) in [5.41, 5.74) is 8.33. The minimum absolute atomic E-state index is 0.0988. The van der Waals surface area contributed by atoms with E-state index in [1.807, 2.05) is 24.3 Å². The van der Waals surface area contributed by atoms with Crippen LogP contribution >= 0.6 is 0 Å². The smallest absolute Gasteiger partial charge is 0.0428 e. The molecule has 0 spiro atoms. The van der Waals surface area contributed by atoms with Crippen molar-refractivity contribution in [1.82, 2.24) is 0 Å². The summed E-state index contributed by atoms with van der Waals surface area (Å²) in [5, 5.41) is 0. The van der Waals surface area contributed by atoms with Gasteiger partial charge in [-0.1, -0.05) is 43.2 Å². The molecule has 2 nitrogen and oxygen atoms in total. The molecule has 2 unspecified atom stereocenters. The SMILES string of the molecule is CCCCS(=O)CC(N)c1ccc(C)cc1. The van der Waals surface area contributed by atoms with E-state index in [1.165, 1.54) is 5.56 Å². The first-order chi connectivity index (χ1) is 7.63. The van der Waals surface area contributed by atoms with Crippen LogP contribution in [-0.2, 0) is 10.8 Å². The summed E-state index contributed by atoms with van der Waals surface area (Å²) < 4.78 is 11.7.